The van der Waals surface area contributed by atoms with Crippen LogP contribution >= 0.6 is 11.6 Å². The molecule has 0 radical (unpaired) electrons. The number of hydrogen-bond acceptors (Lipinski definition) is 5. The standard InChI is InChI=1S/C12H18ClN3O2/c1-18-10-11(13)14-7-15-12(10)16-9-4-2-3-8(5-9)6-17/h7-9,17H,2-6H2,1H3,(H,14,15,16). The normalized spacial score (nSPS) is 23.7. The Hall–Kier alpha value is -1.07. The Bertz CT molecular complexity index is 403. The lowest BCUT2D eigenvalue weighted by atomic mass is 9.86. The van der Waals surface area contributed by atoms with E-state index in [4.69, 9.17) is 16.3 Å². The molecule has 1 aliphatic rings. The fourth-order valence-electron chi connectivity index (χ4n) is 2.42. The van der Waals surface area contributed by atoms with Gasteiger partial charge in [0.2, 0.25) is 0 Å². The zero-order valence-electron chi connectivity index (χ0n) is 10.4. The summed E-state index contributed by atoms with van der Waals surface area (Å²) in [6, 6.07) is 0.302. The third kappa shape index (κ3) is 3.03. The van der Waals surface area contributed by atoms with Gasteiger partial charge in [0.1, 0.15) is 6.33 Å². The third-order valence-corrected chi connectivity index (χ3v) is 3.62. The van der Waals surface area contributed by atoms with Crippen molar-refractivity contribution in [2.75, 3.05) is 19.0 Å². The van der Waals surface area contributed by atoms with E-state index in [1.165, 1.54) is 6.33 Å². The molecular weight excluding hydrogens is 254 g/mol. The number of nitrogens with one attached hydrogen (secondary N) is 1. The zero-order chi connectivity index (χ0) is 13.0. The van der Waals surface area contributed by atoms with E-state index >= 15 is 0 Å². The molecule has 5 nitrogen and oxygen atoms in total. The van der Waals surface area contributed by atoms with Crippen LogP contribution in [0.5, 0.6) is 5.75 Å². The second-order valence-electron chi connectivity index (χ2n) is 4.60. The molecule has 0 bridgehead atoms. The zero-order valence-corrected chi connectivity index (χ0v) is 11.2. The lowest BCUT2D eigenvalue weighted by Crippen LogP contribution is -2.29. The van der Waals surface area contributed by atoms with E-state index in [0.717, 1.165) is 25.7 Å². The molecular formula is C12H18ClN3O2. The molecule has 1 aliphatic carbocycles. The van der Waals surface area contributed by atoms with Crippen LogP contribution in [-0.2, 0) is 0 Å². The van der Waals surface area contributed by atoms with Crippen LogP contribution in [0.1, 0.15) is 25.7 Å². The highest BCUT2D eigenvalue weighted by molar-refractivity contribution is 6.31. The fourth-order valence-corrected chi connectivity index (χ4v) is 2.63. The molecule has 0 spiro atoms. The fraction of sp³-hybridized carbons (Fsp3) is 0.667. The van der Waals surface area contributed by atoms with Crippen molar-refractivity contribution < 1.29 is 9.84 Å². The highest BCUT2D eigenvalue weighted by Gasteiger charge is 2.23. The molecule has 0 saturated heterocycles. The number of aliphatic hydroxyl groups is 1. The Morgan fingerprint density at radius 1 is 1.50 bits per heavy atom. The van der Waals surface area contributed by atoms with Crippen molar-refractivity contribution >= 4 is 17.4 Å². The van der Waals surface area contributed by atoms with E-state index in [0.29, 0.717) is 28.7 Å². The summed E-state index contributed by atoms with van der Waals surface area (Å²) in [5, 5.41) is 12.9. The quantitative estimate of drug-likeness (QED) is 0.821. The van der Waals surface area contributed by atoms with Crippen molar-refractivity contribution in [3.63, 3.8) is 0 Å². The Kier molecular flexibility index (Phi) is 4.60. The Labute approximate surface area is 112 Å². The van der Waals surface area contributed by atoms with Gasteiger partial charge >= 0.3 is 0 Å². The lowest BCUT2D eigenvalue weighted by Gasteiger charge is -2.29. The van der Waals surface area contributed by atoms with Gasteiger partial charge in [-0.2, -0.15) is 0 Å². The molecule has 18 heavy (non-hydrogen) atoms. The first-order valence-electron chi connectivity index (χ1n) is 6.16. The van der Waals surface area contributed by atoms with Crippen LogP contribution in [0.25, 0.3) is 0 Å². The molecule has 6 heteroatoms. The van der Waals surface area contributed by atoms with Crippen molar-refractivity contribution in [2.45, 2.75) is 31.7 Å². The van der Waals surface area contributed by atoms with Crippen LogP contribution in [0, 0.1) is 5.92 Å². The molecule has 100 valence electrons. The molecule has 0 aromatic carbocycles. The van der Waals surface area contributed by atoms with Crippen molar-refractivity contribution in [2.24, 2.45) is 5.92 Å². The van der Waals surface area contributed by atoms with Gasteiger partial charge in [-0.3, -0.25) is 0 Å². The van der Waals surface area contributed by atoms with Crippen LogP contribution in [0.3, 0.4) is 0 Å². The lowest BCUT2D eigenvalue weighted by molar-refractivity contribution is 0.184. The van der Waals surface area contributed by atoms with Crippen LogP contribution in [0.2, 0.25) is 5.15 Å². The predicted octanol–water partition coefficient (Wildman–Crippen LogP) is 2.10. The summed E-state index contributed by atoms with van der Waals surface area (Å²) in [7, 11) is 1.55. The predicted molar refractivity (Wildman–Crippen MR) is 70.0 cm³/mol. The molecule has 0 aliphatic heterocycles. The molecule has 1 heterocycles. The van der Waals surface area contributed by atoms with Crippen LogP contribution < -0.4 is 10.1 Å². The number of halogens is 1. The van der Waals surface area contributed by atoms with E-state index in [1.807, 2.05) is 0 Å². The number of aliphatic hydroxyl groups excluding tert-OH is 1. The van der Waals surface area contributed by atoms with Gasteiger partial charge in [0, 0.05) is 12.6 Å². The minimum absolute atomic E-state index is 0.250. The second-order valence-corrected chi connectivity index (χ2v) is 4.96. The number of methoxy groups -OCH3 is 1. The number of aromatic nitrogens is 2. The van der Waals surface area contributed by atoms with Gasteiger partial charge in [-0.15, -0.1) is 0 Å². The monoisotopic (exact) mass is 271 g/mol. The van der Waals surface area contributed by atoms with Crippen molar-refractivity contribution in [3.8, 4) is 5.75 Å². The first kappa shape index (κ1) is 13.4. The summed E-state index contributed by atoms with van der Waals surface area (Å²) >= 11 is 5.95. The van der Waals surface area contributed by atoms with Gasteiger partial charge in [0.15, 0.2) is 16.7 Å². The Morgan fingerprint density at radius 3 is 3.06 bits per heavy atom. The molecule has 1 aromatic rings. The van der Waals surface area contributed by atoms with Crippen LogP contribution in [0.15, 0.2) is 6.33 Å². The van der Waals surface area contributed by atoms with Crippen molar-refractivity contribution in [1.82, 2.24) is 9.97 Å². The van der Waals surface area contributed by atoms with Gasteiger partial charge in [-0.25, -0.2) is 9.97 Å². The van der Waals surface area contributed by atoms with Crippen LogP contribution in [0.4, 0.5) is 5.82 Å². The van der Waals surface area contributed by atoms with Gasteiger partial charge in [0.05, 0.1) is 7.11 Å². The largest absolute Gasteiger partial charge is 0.490 e. The summed E-state index contributed by atoms with van der Waals surface area (Å²) in [4.78, 5) is 8.05. The Balaban J connectivity index is 2.07. The Morgan fingerprint density at radius 2 is 2.33 bits per heavy atom. The van der Waals surface area contributed by atoms with E-state index in [1.54, 1.807) is 7.11 Å². The van der Waals surface area contributed by atoms with Crippen molar-refractivity contribution in [3.05, 3.63) is 11.5 Å². The second kappa shape index (κ2) is 6.20. The molecule has 1 fully saturated rings. The average Bonchev–Trinajstić information content (AvgIpc) is 2.39. The molecule has 2 rings (SSSR count). The van der Waals surface area contributed by atoms with Crippen molar-refractivity contribution in [1.29, 1.82) is 0 Å². The topological polar surface area (TPSA) is 67.3 Å². The highest BCUT2D eigenvalue weighted by Crippen LogP contribution is 2.32. The smallest absolute Gasteiger partial charge is 0.198 e. The van der Waals surface area contributed by atoms with E-state index < -0.39 is 0 Å². The third-order valence-electron chi connectivity index (χ3n) is 3.35. The molecule has 2 N–H and O–H groups in total. The maximum atomic E-state index is 9.22. The number of hydrogen-bond donors (Lipinski definition) is 2. The van der Waals surface area contributed by atoms with Gasteiger partial charge in [-0.05, 0) is 25.2 Å². The average molecular weight is 272 g/mol. The van der Waals surface area contributed by atoms with E-state index in [-0.39, 0.29) is 6.61 Å². The maximum absolute atomic E-state index is 9.22. The number of rotatable bonds is 4. The van der Waals surface area contributed by atoms with Gasteiger partial charge < -0.3 is 15.2 Å². The molecule has 1 aromatic heterocycles. The maximum Gasteiger partial charge on any atom is 0.198 e. The van der Waals surface area contributed by atoms with Crippen LogP contribution in [-0.4, -0.2) is 34.8 Å². The number of nitrogens with zero attached hydrogens (tertiary/aromatic N) is 2. The van der Waals surface area contributed by atoms with Gasteiger partial charge in [-0.1, -0.05) is 18.0 Å². The first-order chi connectivity index (χ1) is 8.74. The first-order valence-corrected chi connectivity index (χ1v) is 6.54. The summed E-state index contributed by atoms with van der Waals surface area (Å²) in [5.41, 5.74) is 0. The molecule has 2 unspecified atom stereocenters. The summed E-state index contributed by atoms with van der Waals surface area (Å²) in [6.45, 7) is 0.250. The summed E-state index contributed by atoms with van der Waals surface area (Å²) in [5.74, 6) is 1.48. The number of ether oxygens (including phenoxy) is 1. The molecule has 0 amide bonds. The summed E-state index contributed by atoms with van der Waals surface area (Å²) in [6.07, 6.45) is 5.64. The van der Waals surface area contributed by atoms with E-state index in [9.17, 15) is 5.11 Å². The molecule has 2 atom stereocenters. The van der Waals surface area contributed by atoms with E-state index in [2.05, 4.69) is 15.3 Å². The minimum atomic E-state index is 0.250. The summed E-state index contributed by atoms with van der Waals surface area (Å²) < 4.78 is 5.20. The molecule has 1 saturated carbocycles. The minimum Gasteiger partial charge on any atom is -0.490 e. The van der Waals surface area contributed by atoms with Gasteiger partial charge in [0.25, 0.3) is 0 Å². The highest BCUT2D eigenvalue weighted by atomic mass is 35.5. The SMILES string of the molecule is COc1c(Cl)ncnc1NC1CCCC(CO)C1. The number of anilines is 1.